The van der Waals surface area contributed by atoms with E-state index < -0.39 is 0 Å². The van der Waals surface area contributed by atoms with Crippen molar-refractivity contribution in [2.45, 2.75) is 110 Å². The van der Waals surface area contributed by atoms with Gasteiger partial charge in [-0.3, -0.25) is 0 Å². The van der Waals surface area contributed by atoms with E-state index in [1.54, 1.807) is 11.1 Å². The standard InChI is InChI=1S/C24H41/c1-3-5-7-9-11-13-15-19-23-21-17-18-22-24(23)20-16-14-12-10-8-6-4-2/h17-18,21-22H,1,3-16,19-20H2,2H3. The zero-order valence-corrected chi connectivity index (χ0v) is 16.3. The number of rotatable bonds is 16. The summed E-state index contributed by atoms with van der Waals surface area (Å²) in [5, 5.41) is 0. The van der Waals surface area contributed by atoms with Crippen molar-refractivity contribution in [1.29, 1.82) is 0 Å². The Morgan fingerprint density at radius 2 is 1.00 bits per heavy atom. The third-order valence-electron chi connectivity index (χ3n) is 5.11. The molecular formula is C24H41. The Balaban J connectivity index is 2.14. The van der Waals surface area contributed by atoms with Crippen LogP contribution < -0.4 is 0 Å². The summed E-state index contributed by atoms with van der Waals surface area (Å²) in [6.07, 6.45) is 21.7. The van der Waals surface area contributed by atoms with Crippen LogP contribution in [0.2, 0.25) is 0 Å². The normalized spacial score (nSPS) is 11.1. The van der Waals surface area contributed by atoms with Gasteiger partial charge in [0, 0.05) is 0 Å². The molecule has 1 rings (SSSR count). The van der Waals surface area contributed by atoms with Crippen LogP contribution in [0, 0.1) is 6.92 Å². The smallest absolute Gasteiger partial charge is 0.0276 e. The molecular weight excluding hydrogens is 288 g/mol. The van der Waals surface area contributed by atoms with E-state index in [9.17, 15) is 0 Å². The van der Waals surface area contributed by atoms with Gasteiger partial charge in [-0.1, -0.05) is 115 Å². The highest BCUT2D eigenvalue weighted by atomic mass is 14.1. The minimum Gasteiger partial charge on any atom is -0.0654 e. The molecule has 1 aromatic carbocycles. The van der Waals surface area contributed by atoms with Gasteiger partial charge >= 0.3 is 0 Å². The van der Waals surface area contributed by atoms with Crippen LogP contribution in [0.4, 0.5) is 0 Å². The third-order valence-corrected chi connectivity index (χ3v) is 5.11. The summed E-state index contributed by atoms with van der Waals surface area (Å²) in [5.41, 5.74) is 3.23. The quantitative estimate of drug-likeness (QED) is 0.269. The molecule has 0 saturated heterocycles. The molecule has 0 spiro atoms. The van der Waals surface area contributed by atoms with E-state index in [1.807, 2.05) is 0 Å². The van der Waals surface area contributed by atoms with Gasteiger partial charge < -0.3 is 0 Å². The SMILES string of the molecule is [CH2]CCCCCCCCc1ccccc1CCCCCCCCC. The summed E-state index contributed by atoms with van der Waals surface area (Å²) >= 11 is 0. The maximum Gasteiger partial charge on any atom is -0.0276 e. The summed E-state index contributed by atoms with van der Waals surface area (Å²) in [6, 6.07) is 9.16. The number of hydrogen-bond acceptors (Lipinski definition) is 0. The van der Waals surface area contributed by atoms with Crippen LogP contribution in [-0.2, 0) is 12.8 Å². The second-order valence-corrected chi connectivity index (χ2v) is 7.36. The van der Waals surface area contributed by atoms with Crippen LogP contribution >= 0.6 is 0 Å². The molecule has 0 fully saturated rings. The van der Waals surface area contributed by atoms with Gasteiger partial charge in [0.1, 0.15) is 0 Å². The Kier molecular flexibility index (Phi) is 13.9. The summed E-state index contributed by atoms with van der Waals surface area (Å²) in [5.74, 6) is 0. The Morgan fingerprint density at radius 3 is 1.46 bits per heavy atom. The van der Waals surface area contributed by atoms with E-state index in [0.717, 1.165) is 6.42 Å². The lowest BCUT2D eigenvalue weighted by molar-refractivity contribution is 0.585. The Morgan fingerprint density at radius 1 is 0.583 bits per heavy atom. The summed E-state index contributed by atoms with van der Waals surface area (Å²) in [7, 11) is 0. The fourth-order valence-electron chi connectivity index (χ4n) is 3.52. The molecule has 0 saturated carbocycles. The van der Waals surface area contributed by atoms with Crippen molar-refractivity contribution < 1.29 is 0 Å². The summed E-state index contributed by atoms with van der Waals surface area (Å²) < 4.78 is 0. The van der Waals surface area contributed by atoms with Crippen LogP contribution in [0.25, 0.3) is 0 Å². The number of hydrogen-bond donors (Lipinski definition) is 0. The first-order valence-corrected chi connectivity index (χ1v) is 10.7. The molecule has 1 radical (unpaired) electrons. The van der Waals surface area contributed by atoms with E-state index in [0.29, 0.717) is 0 Å². The van der Waals surface area contributed by atoms with Gasteiger partial charge in [0.05, 0.1) is 0 Å². The molecule has 0 aliphatic carbocycles. The highest BCUT2D eigenvalue weighted by Crippen LogP contribution is 2.17. The Hall–Kier alpha value is -0.780. The molecule has 0 unspecified atom stereocenters. The number of aryl methyl sites for hydroxylation is 2. The zero-order valence-electron chi connectivity index (χ0n) is 16.3. The minimum atomic E-state index is 1.10. The largest absolute Gasteiger partial charge is 0.0654 e. The van der Waals surface area contributed by atoms with E-state index >= 15 is 0 Å². The fourth-order valence-corrected chi connectivity index (χ4v) is 3.52. The molecule has 0 heteroatoms. The molecule has 0 nitrogen and oxygen atoms in total. The summed E-state index contributed by atoms with van der Waals surface area (Å²) in [6.45, 7) is 6.21. The maximum absolute atomic E-state index is 3.92. The third kappa shape index (κ3) is 10.9. The molecule has 0 bridgehead atoms. The van der Waals surface area contributed by atoms with Crippen molar-refractivity contribution in [2.24, 2.45) is 0 Å². The molecule has 0 aliphatic rings. The molecule has 0 aromatic heterocycles. The van der Waals surface area contributed by atoms with Crippen LogP contribution in [0.1, 0.15) is 108 Å². The monoisotopic (exact) mass is 329 g/mol. The van der Waals surface area contributed by atoms with Crippen LogP contribution in [0.5, 0.6) is 0 Å². The van der Waals surface area contributed by atoms with Crippen LogP contribution in [0.15, 0.2) is 24.3 Å². The van der Waals surface area contributed by atoms with Gasteiger partial charge in [0.2, 0.25) is 0 Å². The average molecular weight is 330 g/mol. The highest BCUT2D eigenvalue weighted by molar-refractivity contribution is 5.27. The molecule has 0 atom stereocenters. The minimum absolute atomic E-state index is 1.10. The van der Waals surface area contributed by atoms with Gasteiger partial charge in [-0.2, -0.15) is 0 Å². The fraction of sp³-hybridized carbons (Fsp3) is 0.708. The van der Waals surface area contributed by atoms with Gasteiger partial charge in [-0.15, -0.1) is 0 Å². The Bertz CT molecular complexity index is 342. The van der Waals surface area contributed by atoms with Crippen molar-refractivity contribution in [3.05, 3.63) is 42.3 Å². The molecule has 137 valence electrons. The topological polar surface area (TPSA) is 0 Å². The second kappa shape index (κ2) is 15.7. The number of unbranched alkanes of at least 4 members (excludes halogenated alkanes) is 12. The molecule has 0 N–H and O–H groups in total. The van der Waals surface area contributed by atoms with Crippen molar-refractivity contribution >= 4 is 0 Å². The lowest BCUT2D eigenvalue weighted by Gasteiger charge is -2.10. The zero-order chi connectivity index (χ0) is 17.3. The molecule has 0 heterocycles. The van der Waals surface area contributed by atoms with E-state index in [1.165, 1.54) is 96.3 Å². The Labute approximate surface area is 152 Å². The predicted octanol–water partition coefficient (Wildman–Crippen LogP) is 8.09. The van der Waals surface area contributed by atoms with Crippen molar-refractivity contribution in [1.82, 2.24) is 0 Å². The number of benzene rings is 1. The van der Waals surface area contributed by atoms with Gasteiger partial charge in [-0.05, 0) is 36.8 Å². The average Bonchev–Trinajstić information content (AvgIpc) is 2.61. The molecule has 24 heavy (non-hydrogen) atoms. The van der Waals surface area contributed by atoms with E-state index in [-0.39, 0.29) is 0 Å². The van der Waals surface area contributed by atoms with Gasteiger partial charge in [0.25, 0.3) is 0 Å². The first-order valence-electron chi connectivity index (χ1n) is 10.7. The lowest BCUT2D eigenvalue weighted by Crippen LogP contribution is -1.95. The maximum atomic E-state index is 3.92. The predicted molar refractivity (Wildman–Crippen MR) is 110 cm³/mol. The van der Waals surface area contributed by atoms with E-state index in [4.69, 9.17) is 0 Å². The van der Waals surface area contributed by atoms with Crippen molar-refractivity contribution in [3.8, 4) is 0 Å². The lowest BCUT2D eigenvalue weighted by atomic mass is 9.96. The highest BCUT2D eigenvalue weighted by Gasteiger charge is 2.02. The summed E-state index contributed by atoms with van der Waals surface area (Å²) in [4.78, 5) is 0. The first kappa shape index (κ1) is 21.3. The van der Waals surface area contributed by atoms with Crippen molar-refractivity contribution in [2.75, 3.05) is 0 Å². The van der Waals surface area contributed by atoms with Crippen molar-refractivity contribution in [3.63, 3.8) is 0 Å². The van der Waals surface area contributed by atoms with Crippen LogP contribution in [-0.4, -0.2) is 0 Å². The molecule has 0 aliphatic heterocycles. The molecule has 0 amide bonds. The van der Waals surface area contributed by atoms with E-state index in [2.05, 4.69) is 38.1 Å². The van der Waals surface area contributed by atoms with Gasteiger partial charge in [-0.25, -0.2) is 0 Å². The van der Waals surface area contributed by atoms with Gasteiger partial charge in [0.15, 0.2) is 0 Å². The molecule has 1 aromatic rings. The first-order chi connectivity index (χ1) is 11.9. The second-order valence-electron chi connectivity index (χ2n) is 7.36. The van der Waals surface area contributed by atoms with Crippen LogP contribution in [0.3, 0.4) is 0 Å².